The van der Waals surface area contributed by atoms with Crippen molar-refractivity contribution in [2.45, 2.75) is 38.8 Å². The van der Waals surface area contributed by atoms with Gasteiger partial charge in [0.2, 0.25) is 0 Å². The molecular weight excluding hydrogens is 329 g/mol. The van der Waals surface area contributed by atoms with Crippen molar-refractivity contribution in [2.75, 3.05) is 0 Å². The molecule has 0 aliphatic carbocycles. The number of nitrogens with one attached hydrogen (secondary N) is 1. The number of aryl methyl sites for hydroxylation is 1. The summed E-state index contributed by atoms with van der Waals surface area (Å²) in [6.45, 7) is 2.08. The Morgan fingerprint density at radius 2 is 1.84 bits per heavy atom. The number of H-pyrrole nitrogens is 1. The molecule has 0 aliphatic heterocycles. The maximum absolute atomic E-state index is 13.3. The van der Waals surface area contributed by atoms with Gasteiger partial charge in [-0.3, -0.25) is 5.10 Å². The molecule has 2 N–H and O–H groups in total. The van der Waals surface area contributed by atoms with E-state index < -0.39 is 11.7 Å². The predicted octanol–water partition coefficient (Wildman–Crippen LogP) is 5.69. The zero-order valence-corrected chi connectivity index (χ0v) is 13.8. The van der Waals surface area contributed by atoms with Gasteiger partial charge in [0.1, 0.15) is 11.4 Å². The summed E-state index contributed by atoms with van der Waals surface area (Å²) in [5, 5.41) is 17.2. The maximum atomic E-state index is 13.3. The Hall–Kier alpha value is -2.50. The minimum absolute atomic E-state index is 0.00665. The molecule has 0 unspecified atom stereocenters. The molecule has 0 aliphatic rings. The molecule has 0 saturated carbocycles. The van der Waals surface area contributed by atoms with Crippen molar-refractivity contribution in [3.8, 4) is 17.0 Å². The van der Waals surface area contributed by atoms with Crippen molar-refractivity contribution < 1.29 is 18.3 Å². The average molecular weight is 348 g/mol. The number of aromatic amines is 1. The van der Waals surface area contributed by atoms with Crippen LogP contribution in [0.2, 0.25) is 0 Å². The highest BCUT2D eigenvalue weighted by atomic mass is 19.4. The van der Waals surface area contributed by atoms with Crippen molar-refractivity contribution in [3.05, 3.63) is 47.5 Å². The van der Waals surface area contributed by atoms with Gasteiger partial charge in [-0.15, -0.1) is 0 Å². The molecule has 1 heterocycles. The monoisotopic (exact) mass is 348 g/mol. The number of unbranched alkanes of at least 4 members (excludes halogenated alkanes) is 2. The summed E-state index contributed by atoms with van der Waals surface area (Å²) in [4.78, 5) is 0. The van der Waals surface area contributed by atoms with E-state index in [1.165, 1.54) is 12.1 Å². The van der Waals surface area contributed by atoms with Crippen LogP contribution >= 0.6 is 0 Å². The van der Waals surface area contributed by atoms with Crippen LogP contribution in [0, 0.1) is 0 Å². The van der Waals surface area contributed by atoms with E-state index in [0.717, 1.165) is 30.9 Å². The zero-order chi connectivity index (χ0) is 18.0. The van der Waals surface area contributed by atoms with Crippen molar-refractivity contribution in [3.63, 3.8) is 0 Å². The lowest BCUT2D eigenvalue weighted by Crippen LogP contribution is -2.06. The standard InChI is InChI=1S/C19H19F3N2O/c1-2-3-4-7-12-10-11-14(19(20,21)22)18-16(12)17(23-24-18)13-8-5-6-9-15(13)25/h5-6,8-11,25H,2-4,7H2,1H3,(H,23,24). The third kappa shape index (κ3) is 3.34. The fourth-order valence-electron chi connectivity index (χ4n) is 3.08. The molecule has 3 nitrogen and oxygen atoms in total. The van der Waals surface area contributed by atoms with Gasteiger partial charge >= 0.3 is 6.18 Å². The number of fused-ring (bicyclic) bond motifs is 1. The lowest BCUT2D eigenvalue weighted by Gasteiger charge is -2.11. The van der Waals surface area contributed by atoms with Crippen LogP contribution in [0.25, 0.3) is 22.2 Å². The molecule has 3 rings (SSSR count). The number of benzene rings is 2. The van der Waals surface area contributed by atoms with Gasteiger partial charge in [-0.25, -0.2) is 0 Å². The molecular formula is C19H19F3N2O. The normalized spacial score (nSPS) is 12.0. The summed E-state index contributed by atoms with van der Waals surface area (Å²) in [6, 6.07) is 9.18. The fraction of sp³-hybridized carbons (Fsp3) is 0.316. The smallest absolute Gasteiger partial charge is 0.418 e. The molecule has 3 aromatic rings. The number of phenols is 1. The highest BCUT2D eigenvalue weighted by Gasteiger charge is 2.34. The van der Waals surface area contributed by atoms with Gasteiger partial charge in [0, 0.05) is 10.9 Å². The third-order valence-corrected chi connectivity index (χ3v) is 4.32. The van der Waals surface area contributed by atoms with Crippen LogP contribution in [-0.4, -0.2) is 15.3 Å². The highest BCUT2D eigenvalue weighted by Crippen LogP contribution is 2.40. The average Bonchev–Trinajstić information content (AvgIpc) is 2.99. The molecule has 2 aromatic carbocycles. The minimum atomic E-state index is -4.47. The van der Waals surface area contributed by atoms with E-state index in [0.29, 0.717) is 23.1 Å². The van der Waals surface area contributed by atoms with Crippen LogP contribution in [0.3, 0.4) is 0 Å². The maximum Gasteiger partial charge on any atom is 0.418 e. The topological polar surface area (TPSA) is 48.9 Å². The highest BCUT2D eigenvalue weighted by molar-refractivity contribution is 5.98. The van der Waals surface area contributed by atoms with Crippen LogP contribution in [0.4, 0.5) is 13.2 Å². The van der Waals surface area contributed by atoms with Gasteiger partial charge in [0.25, 0.3) is 0 Å². The van der Waals surface area contributed by atoms with E-state index >= 15 is 0 Å². The van der Waals surface area contributed by atoms with E-state index in [4.69, 9.17) is 0 Å². The van der Waals surface area contributed by atoms with Crippen molar-refractivity contribution in [2.24, 2.45) is 0 Å². The van der Waals surface area contributed by atoms with Gasteiger partial charge in [-0.1, -0.05) is 38.0 Å². The lowest BCUT2D eigenvalue weighted by atomic mass is 9.96. The summed E-state index contributed by atoms with van der Waals surface area (Å²) >= 11 is 0. The first-order valence-corrected chi connectivity index (χ1v) is 8.29. The molecule has 0 saturated heterocycles. The number of alkyl halides is 3. The lowest BCUT2D eigenvalue weighted by molar-refractivity contribution is -0.136. The summed E-state index contributed by atoms with van der Waals surface area (Å²) in [5.41, 5.74) is 0.814. The summed E-state index contributed by atoms with van der Waals surface area (Å²) in [7, 11) is 0. The fourth-order valence-corrected chi connectivity index (χ4v) is 3.08. The quantitative estimate of drug-likeness (QED) is 0.582. The first-order valence-electron chi connectivity index (χ1n) is 8.29. The number of hydrogen-bond donors (Lipinski definition) is 2. The molecule has 132 valence electrons. The Labute approximate surface area is 143 Å². The molecule has 0 fully saturated rings. The molecule has 0 atom stereocenters. The summed E-state index contributed by atoms with van der Waals surface area (Å²) < 4.78 is 40.0. The van der Waals surface area contributed by atoms with Gasteiger partial charge in [-0.2, -0.15) is 18.3 Å². The Morgan fingerprint density at radius 3 is 2.52 bits per heavy atom. The van der Waals surface area contributed by atoms with Gasteiger partial charge in [-0.05, 0) is 36.6 Å². The Kier molecular flexibility index (Phi) is 4.70. The van der Waals surface area contributed by atoms with Crippen LogP contribution in [0.1, 0.15) is 37.3 Å². The second-order valence-corrected chi connectivity index (χ2v) is 6.07. The Balaban J connectivity index is 2.22. The number of rotatable bonds is 5. The number of hydrogen-bond acceptors (Lipinski definition) is 2. The van der Waals surface area contributed by atoms with Crippen LogP contribution in [0.5, 0.6) is 5.75 Å². The number of halogens is 3. The first kappa shape index (κ1) is 17.3. The number of phenolic OH excluding ortho intramolecular Hbond substituents is 1. The summed E-state index contributed by atoms with van der Waals surface area (Å²) in [5.74, 6) is -0.00665. The van der Waals surface area contributed by atoms with E-state index in [2.05, 4.69) is 17.1 Å². The molecule has 0 spiro atoms. The molecule has 25 heavy (non-hydrogen) atoms. The van der Waals surface area contributed by atoms with Crippen molar-refractivity contribution >= 4 is 10.9 Å². The summed E-state index contributed by atoms with van der Waals surface area (Å²) in [6.07, 6.45) is -0.874. The third-order valence-electron chi connectivity index (χ3n) is 4.32. The number of aromatic hydroxyl groups is 1. The molecule has 0 amide bonds. The SMILES string of the molecule is CCCCCc1ccc(C(F)(F)F)c2[nH]nc(-c3ccccc3O)c12. The van der Waals surface area contributed by atoms with Crippen LogP contribution < -0.4 is 0 Å². The largest absolute Gasteiger partial charge is 0.507 e. The number of aromatic nitrogens is 2. The van der Waals surface area contributed by atoms with Crippen LogP contribution in [0.15, 0.2) is 36.4 Å². The number of para-hydroxylation sites is 1. The predicted molar refractivity (Wildman–Crippen MR) is 91.4 cm³/mol. The Morgan fingerprint density at radius 1 is 1.08 bits per heavy atom. The van der Waals surface area contributed by atoms with E-state index in [1.54, 1.807) is 18.2 Å². The van der Waals surface area contributed by atoms with E-state index in [9.17, 15) is 18.3 Å². The van der Waals surface area contributed by atoms with Crippen molar-refractivity contribution in [1.82, 2.24) is 10.2 Å². The molecule has 1 aromatic heterocycles. The minimum Gasteiger partial charge on any atom is -0.507 e. The Bertz CT molecular complexity index is 884. The van der Waals surface area contributed by atoms with Crippen molar-refractivity contribution in [1.29, 1.82) is 0 Å². The molecule has 0 bridgehead atoms. The molecule has 6 heteroatoms. The molecule has 0 radical (unpaired) electrons. The van der Waals surface area contributed by atoms with Gasteiger partial charge < -0.3 is 5.11 Å². The van der Waals surface area contributed by atoms with E-state index in [1.807, 2.05) is 0 Å². The second kappa shape index (κ2) is 6.78. The van der Waals surface area contributed by atoms with Crippen LogP contribution in [-0.2, 0) is 12.6 Å². The first-order chi connectivity index (χ1) is 11.9. The van der Waals surface area contributed by atoms with E-state index in [-0.39, 0.29) is 11.3 Å². The zero-order valence-electron chi connectivity index (χ0n) is 13.8. The van der Waals surface area contributed by atoms with Gasteiger partial charge in [0.15, 0.2) is 0 Å². The number of nitrogens with zero attached hydrogens (tertiary/aromatic N) is 1. The van der Waals surface area contributed by atoms with Gasteiger partial charge in [0.05, 0.1) is 11.1 Å². The second-order valence-electron chi connectivity index (χ2n) is 6.07.